The molecule has 0 saturated heterocycles. The van der Waals surface area contributed by atoms with Gasteiger partial charge in [-0.1, -0.05) is 0 Å². The predicted molar refractivity (Wildman–Crippen MR) is 77.8 cm³/mol. The molecule has 1 unspecified atom stereocenters. The zero-order chi connectivity index (χ0) is 27.4. The second kappa shape index (κ2) is 11.5. The van der Waals surface area contributed by atoms with Crippen molar-refractivity contribution in [3.8, 4) is 0 Å². The smallest absolute Gasteiger partial charge is 0.316 e. The molecule has 0 rings (SSSR count). The summed E-state index contributed by atoms with van der Waals surface area (Å²) < 4.78 is 225. The summed E-state index contributed by atoms with van der Waals surface area (Å²) in [5.74, 6) is -16.2. The van der Waals surface area contributed by atoms with Crippen molar-refractivity contribution in [1.29, 1.82) is 0 Å². The van der Waals surface area contributed by atoms with Crippen LogP contribution < -0.4 is 0 Å². The van der Waals surface area contributed by atoms with Crippen molar-refractivity contribution in [1.82, 2.24) is 0 Å². The number of ether oxygens (including phenoxy) is 3. The van der Waals surface area contributed by atoms with E-state index in [-0.39, 0.29) is 0 Å². The Kier molecular flexibility index (Phi) is 11.2. The molecule has 0 aliphatic rings. The predicted octanol–water partition coefficient (Wildman–Crippen LogP) is 4.81. The van der Waals surface area contributed by atoms with Gasteiger partial charge in [-0.15, -0.1) is 0 Å². The summed E-state index contributed by atoms with van der Waals surface area (Å²) in [7, 11) is -10.0. The van der Waals surface area contributed by atoms with E-state index in [9.17, 15) is 74.3 Å². The van der Waals surface area contributed by atoms with E-state index in [1.54, 1.807) is 0 Å². The van der Waals surface area contributed by atoms with Gasteiger partial charge in [0.05, 0.1) is 0 Å². The highest BCUT2D eigenvalue weighted by molar-refractivity contribution is 7.90. The van der Waals surface area contributed by atoms with Gasteiger partial charge in [0.15, 0.2) is 0 Å². The van der Waals surface area contributed by atoms with Crippen LogP contribution in [0.25, 0.3) is 0 Å². The van der Waals surface area contributed by atoms with Crippen molar-refractivity contribution >= 4 is 18.9 Å². The van der Waals surface area contributed by atoms with Crippen molar-refractivity contribution in [3.63, 3.8) is 0 Å². The van der Waals surface area contributed by atoms with Crippen LogP contribution in [0.3, 0.4) is 0 Å². The third kappa shape index (κ3) is 9.67. The van der Waals surface area contributed by atoms with E-state index >= 15 is 0 Å². The molecule has 0 spiro atoms. The quantitative estimate of drug-likeness (QED) is 0.119. The largest absolute Gasteiger partial charge is 0.523 e. The van der Waals surface area contributed by atoms with E-state index < -0.39 is 87.0 Å². The van der Waals surface area contributed by atoms with Crippen LogP contribution in [0.4, 0.5) is 65.9 Å². The van der Waals surface area contributed by atoms with Crippen molar-refractivity contribution in [2.24, 2.45) is 0 Å². The Morgan fingerprint density at radius 1 is 0.588 bits per heavy atom. The second-order valence-electron chi connectivity index (χ2n) is 5.69. The van der Waals surface area contributed by atoms with E-state index in [1.807, 2.05) is 0 Å². The molecule has 0 heterocycles. The lowest BCUT2D eigenvalue weighted by Crippen LogP contribution is -2.47. The van der Waals surface area contributed by atoms with E-state index in [0.717, 1.165) is 0 Å². The maximum atomic E-state index is 13.1. The number of rotatable bonds is 15. The standard InChI is InChI=1S/C11H10F15O6PS/c12-4(13)7(18,19)1-29-11(30-2-8(20,21)5(14)15,31-3-9(22,23)6(16)17)33-32-34(27,28)10(24,25)26/h4-6,33H,1-3H2. The minimum Gasteiger partial charge on any atom is -0.316 e. The third-order valence-electron chi connectivity index (χ3n) is 2.88. The topological polar surface area (TPSA) is 71.1 Å². The fraction of sp³-hybridized carbons (Fsp3) is 1.00. The summed E-state index contributed by atoms with van der Waals surface area (Å²) in [4.78, 5) is 0. The number of alkyl halides is 15. The van der Waals surface area contributed by atoms with Gasteiger partial charge in [0.2, 0.25) is 0 Å². The van der Waals surface area contributed by atoms with Crippen LogP contribution in [0.5, 0.6) is 0 Å². The Balaban J connectivity index is 6.27. The first-order valence-electron chi connectivity index (χ1n) is 7.57. The van der Waals surface area contributed by atoms with Gasteiger partial charge >= 0.3 is 58.4 Å². The van der Waals surface area contributed by atoms with Crippen LogP contribution in [-0.4, -0.2) is 76.5 Å². The van der Waals surface area contributed by atoms with Gasteiger partial charge in [-0.2, -0.15) is 47.9 Å². The van der Waals surface area contributed by atoms with Gasteiger partial charge in [0, 0.05) is 0 Å². The first kappa shape index (κ1) is 33.2. The van der Waals surface area contributed by atoms with Crippen molar-refractivity contribution in [2.45, 2.75) is 48.3 Å². The molecule has 0 radical (unpaired) electrons. The Morgan fingerprint density at radius 2 is 0.853 bits per heavy atom. The first-order valence-corrected chi connectivity index (χ1v) is 9.89. The maximum Gasteiger partial charge on any atom is 0.523 e. The molecule has 0 bridgehead atoms. The van der Waals surface area contributed by atoms with Crippen LogP contribution in [0, 0.1) is 0 Å². The molecular weight excluding hydrogens is 576 g/mol. The zero-order valence-corrected chi connectivity index (χ0v) is 17.2. The fourth-order valence-electron chi connectivity index (χ4n) is 1.13. The molecule has 0 fully saturated rings. The van der Waals surface area contributed by atoms with Crippen LogP contribution in [-0.2, 0) is 28.3 Å². The molecule has 0 aromatic carbocycles. The summed E-state index contributed by atoms with van der Waals surface area (Å²) in [5, 5.41) is 0. The highest BCUT2D eigenvalue weighted by atomic mass is 32.2. The van der Waals surface area contributed by atoms with Gasteiger partial charge < -0.3 is 14.2 Å². The molecule has 34 heavy (non-hydrogen) atoms. The molecule has 206 valence electrons. The second-order valence-corrected chi connectivity index (χ2v) is 8.55. The lowest BCUT2D eigenvalue weighted by molar-refractivity contribution is -0.370. The van der Waals surface area contributed by atoms with Gasteiger partial charge in [-0.25, -0.2) is 30.3 Å². The van der Waals surface area contributed by atoms with E-state index in [4.69, 9.17) is 0 Å². The fourth-order valence-corrected chi connectivity index (χ4v) is 2.75. The first-order chi connectivity index (χ1) is 14.9. The van der Waals surface area contributed by atoms with Crippen LogP contribution in [0.15, 0.2) is 0 Å². The van der Waals surface area contributed by atoms with E-state index in [2.05, 4.69) is 18.2 Å². The lowest BCUT2D eigenvalue weighted by atomic mass is 10.4. The third-order valence-corrected chi connectivity index (χ3v) is 5.34. The maximum absolute atomic E-state index is 13.1. The summed E-state index contributed by atoms with van der Waals surface area (Å²) in [6.45, 7) is -8.69. The van der Waals surface area contributed by atoms with Crippen molar-refractivity contribution in [3.05, 3.63) is 0 Å². The molecule has 0 aromatic heterocycles. The minimum atomic E-state index is -6.88. The molecule has 0 aliphatic carbocycles. The Morgan fingerprint density at radius 3 is 1.06 bits per heavy atom. The summed E-state index contributed by atoms with van der Waals surface area (Å²) in [6.07, 6.45) is -14.1. The van der Waals surface area contributed by atoms with Crippen LogP contribution >= 0.6 is 8.81 Å². The Labute approximate surface area is 180 Å². The monoisotopic (exact) mass is 586 g/mol. The highest BCUT2D eigenvalue weighted by Gasteiger charge is 2.54. The summed E-state index contributed by atoms with van der Waals surface area (Å²) >= 11 is 0. The molecule has 0 aromatic rings. The van der Waals surface area contributed by atoms with Crippen molar-refractivity contribution < 1.29 is 92.5 Å². The van der Waals surface area contributed by atoms with Gasteiger partial charge in [-0.3, -0.25) is 0 Å². The number of hydrogen-bond donors (Lipinski definition) is 0. The molecule has 23 heteroatoms. The molecule has 0 saturated carbocycles. The Bertz CT molecular complexity index is 684. The highest BCUT2D eigenvalue weighted by Crippen LogP contribution is 2.44. The summed E-state index contributed by atoms with van der Waals surface area (Å²) in [6, 6.07) is 0. The molecule has 0 aliphatic heterocycles. The van der Waals surface area contributed by atoms with Crippen LogP contribution in [0.2, 0.25) is 0 Å². The average molecular weight is 586 g/mol. The average Bonchev–Trinajstić information content (AvgIpc) is 2.65. The van der Waals surface area contributed by atoms with Gasteiger partial charge in [-0.05, 0) is 0 Å². The van der Waals surface area contributed by atoms with Gasteiger partial charge in [0.1, 0.15) is 28.6 Å². The molecule has 1 atom stereocenters. The van der Waals surface area contributed by atoms with E-state index in [0.29, 0.717) is 0 Å². The van der Waals surface area contributed by atoms with Crippen LogP contribution in [0.1, 0.15) is 0 Å². The van der Waals surface area contributed by atoms with E-state index in [1.165, 1.54) is 0 Å². The molecular formula is C11H10F15O6PS. The minimum absolute atomic E-state index is 2.90. The zero-order valence-electron chi connectivity index (χ0n) is 15.4. The normalized spacial score (nSPS) is 15.5. The molecule has 0 amide bonds. The number of halogens is 15. The molecule has 0 N–H and O–H groups in total. The molecule has 6 nitrogen and oxygen atoms in total. The Hall–Kier alpha value is -0.830. The number of hydrogen-bond acceptors (Lipinski definition) is 6. The lowest BCUT2D eigenvalue weighted by Gasteiger charge is -2.35. The SMILES string of the molecule is O=S(=O)(OPC(OCC(F)(F)C(F)F)(OCC(F)(F)C(F)F)OCC(F)(F)C(F)F)C(F)(F)F. The summed E-state index contributed by atoms with van der Waals surface area (Å²) in [5.41, 5.74) is -10.9. The van der Waals surface area contributed by atoms with Gasteiger partial charge in [0.25, 0.3) is 0 Å². The van der Waals surface area contributed by atoms with Crippen molar-refractivity contribution in [2.75, 3.05) is 19.8 Å².